The Hall–Kier alpha value is -1.09. The molecule has 0 saturated carbocycles. The van der Waals surface area contributed by atoms with E-state index in [2.05, 4.69) is 46.5 Å². The van der Waals surface area contributed by atoms with Crippen LogP contribution in [0.1, 0.15) is 26.7 Å². The van der Waals surface area contributed by atoms with Crippen LogP contribution in [0.4, 0.5) is 0 Å². The van der Waals surface area contributed by atoms with Gasteiger partial charge in [-0.3, -0.25) is 0 Å². The van der Waals surface area contributed by atoms with Crippen molar-refractivity contribution in [2.24, 2.45) is 0 Å². The van der Waals surface area contributed by atoms with Gasteiger partial charge in [0.25, 0.3) is 0 Å². The van der Waals surface area contributed by atoms with Crippen molar-refractivity contribution in [1.29, 1.82) is 0 Å². The van der Waals surface area contributed by atoms with Crippen molar-refractivity contribution in [2.45, 2.75) is 37.0 Å². The molecule has 0 unspecified atom stereocenters. The Bertz CT molecular complexity index is 592. The summed E-state index contributed by atoms with van der Waals surface area (Å²) < 4.78 is 9.56. The van der Waals surface area contributed by atoms with Gasteiger partial charge in [0.15, 0.2) is 0 Å². The second-order valence-corrected chi connectivity index (χ2v) is 16.9. The van der Waals surface area contributed by atoms with Gasteiger partial charge in [0.2, 0.25) is 0 Å². The van der Waals surface area contributed by atoms with Crippen molar-refractivity contribution >= 4 is 17.7 Å². The average molecular weight is 315 g/mol. The Labute approximate surface area is 120 Å². The molecule has 2 rings (SSSR count). The van der Waals surface area contributed by atoms with Gasteiger partial charge in [-0.1, -0.05) is 0 Å². The molecule has 100 valence electrons. The van der Waals surface area contributed by atoms with Crippen LogP contribution in [0.15, 0.2) is 42.6 Å². The molecule has 1 heterocycles. The molecular weight excluding hydrogens is 291 g/mol. The van der Waals surface area contributed by atoms with Crippen LogP contribution in [0, 0.1) is 0 Å². The fourth-order valence-corrected chi connectivity index (χ4v) is 4.17. The molecule has 0 bridgehead atoms. The molecule has 1 aromatic carbocycles. The number of aromatic nitrogens is 1. The van der Waals surface area contributed by atoms with Gasteiger partial charge in [-0.15, -0.1) is 0 Å². The van der Waals surface area contributed by atoms with Crippen molar-refractivity contribution in [3.63, 3.8) is 0 Å². The minimum absolute atomic E-state index is 0.573. The molecule has 0 atom stereocenters. The van der Waals surface area contributed by atoms with Crippen LogP contribution < -0.4 is 4.40 Å². The third-order valence-electron chi connectivity index (χ3n) is 3.37. The molecule has 0 aliphatic carbocycles. The maximum atomic E-state index is 8.14. The van der Waals surface area contributed by atoms with E-state index in [1.807, 2.05) is 32.2 Å². The van der Waals surface area contributed by atoms with Crippen LogP contribution in [0.2, 0.25) is 17.3 Å². The van der Waals surface area contributed by atoms with Crippen molar-refractivity contribution in [2.75, 3.05) is 0 Å². The molecule has 1 aromatic heterocycles. The first kappa shape index (κ1) is 12.9. The van der Waals surface area contributed by atoms with Crippen molar-refractivity contribution in [1.82, 2.24) is 4.98 Å². The predicted molar refractivity (Wildman–Crippen MR) is 86.7 cm³/mol. The van der Waals surface area contributed by atoms with Gasteiger partial charge in [0.1, 0.15) is 0 Å². The van der Waals surface area contributed by atoms with Gasteiger partial charge >= 0.3 is 120 Å². The van der Waals surface area contributed by atoms with Crippen LogP contribution in [-0.4, -0.2) is 18.3 Å². The summed E-state index contributed by atoms with van der Waals surface area (Å²) in [5.41, 5.74) is 3.11. The molecule has 0 saturated heterocycles. The first-order chi connectivity index (χ1) is 9.18. The Kier molecular flexibility index (Phi) is 3.74. The zero-order valence-electron chi connectivity index (χ0n) is 13.5. The van der Waals surface area contributed by atoms with Gasteiger partial charge < -0.3 is 0 Å². The Morgan fingerprint density at radius 3 is 2.37 bits per heavy atom. The summed E-state index contributed by atoms with van der Waals surface area (Å²) in [6.07, 6.45) is 2.04. The summed E-state index contributed by atoms with van der Waals surface area (Å²) in [6.45, 7) is 3.83. The Balaban J connectivity index is 2.38. The van der Waals surface area contributed by atoms with Crippen LogP contribution >= 0.6 is 0 Å². The van der Waals surface area contributed by atoms with E-state index >= 15 is 0 Å². The summed E-state index contributed by atoms with van der Waals surface area (Å²) in [5.74, 6) is 6.55. The molecule has 0 fully saturated rings. The van der Waals surface area contributed by atoms with Gasteiger partial charge in [-0.25, -0.2) is 0 Å². The summed E-state index contributed by atoms with van der Waals surface area (Å²) in [5, 5.41) is 0. The molecule has 19 heavy (non-hydrogen) atoms. The quantitative estimate of drug-likeness (QED) is 0.764. The topological polar surface area (TPSA) is 12.9 Å². The average Bonchev–Trinajstić information content (AvgIpc) is 2.37. The molecule has 0 N–H and O–H groups in total. The van der Waals surface area contributed by atoms with E-state index in [9.17, 15) is 0 Å². The summed E-state index contributed by atoms with van der Waals surface area (Å²) >= 11 is -1.78. The van der Waals surface area contributed by atoms with Crippen LogP contribution in [0.25, 0.3) is 11.3 Å². The van der Waals surface area contributed by atoms with Crippen molar-refractivity contribution in [3.8, 4) is 11.3 Å². The zero-order chi connectivity index (χ0) is 15.0. The normalized spacial score (nSPS) is 13.2. The molecular formula is C17H23GeN. The van der Waals surface area contributed by atoms with Gasteiger partial charge in [0, 0.05) is 0 Å². The van der Waals surface area contributed by atoms with E-state index in [1.165, 1.54) is 4.40 Å². The van der Waals surface area contributed by atoms with E-state index in [1.54, 1.807) is 0 Å². The van der Waals surface area contributed by atoms with Crippen molar-refractivity contribution in [3.05, 3.63) is 48.2 Å². The second-order valence-electron chi connectivity index (χ2n) is 6.26. The van der Waals surface area contributed by atoms with E-state index in [0.717, 1.165) is 16.8 Å². The Morgan fingerprint density at radius 2 is 1.84 bits per heavy atom. The van der Waals surface area contributed by atoms with Crippen LogP contribution in [0.5, 0.6) is 0 Å². The third kappa shape index (κ3) is 3.47. The SMILES string of the molecule is [2H]C(C)(C)c1cccc(-c2cc[c]([Ge]([CH3])([CH3])[CH3])cn2)c1. The molecule has 0 spiro atoms. The monoisotopic (exact) mass is 316 g/mol. The van der Waals surface area contributed by atoms with E-state index < -0.39 is 19.2 Å². The summed E-state index contributed by atoms with van der Waals surface area (Å²) in [4.78, 5) is 4.62. The number of pyridine rings is 1. The predicted octanol–water partition coefficient (Wildman–Crippen LogP) is 4.42. The second kappa shape index (κ2) is 5.50. The number of benzene rings is 1. The molecule has 2 heteroatoms. The number of rotatable bonds is 3. The van der Waals surface area contributed by atoms with Crippen molar-refractivity contribution < 1.29 is 1.37 Å². The van der Waals surface area contributed by atoms with E-state index in [4.69, 9.17) is 1.37 Å². The maximum absolute atomic E-state index is 8.14. The minimum atomic E-state index is -1.78. The molecule has 0 aliphatic heterocycles. The standard InChI is InChI=1S/C17H23GeN/c1-13(2)14-7-6-8-15(11-14)17-10-9-16(12-19-17)18(3,4)5/h6-13H,1-5H3/i13D. The fourth-order valence-electron chi connectivity index (χ4n) is 2.00. The molecule has 0 aliphatic rings. The number of hydrogen-bond acceptors (Lipinski definition) is 1. The van der Waals surface area contributed by atoms with Gasteiger partial charge in [-0.2, -0.15) is 0 Å². The summed E-state index contributed by atoms with van der Waals surface area (Å²) in [7, 11) is 0. The van der Waals surface area contributed by atoms with Crippen LogP contribution in [0.3, 0.4) is 0 Å². The molecule has 0 radical (unpaired) electrons. The van der Waals surface area contributed by atoms with Crippen LogP contribution in [-0.2, 0) is 0 Å². The van der Waals surface area contributed by atoms with E-state index in [-0.39, 0.29) is 0 Å². The summed E-state index contributed by atoms with van der Waals surface area (Å²) in [6, 6.07) is 12.5. The van der Waals surface area contributed by atoms with Gasteiger partial charge in [0.05, 0.1) is 0 Å². The fraction of sp³-hybridized carbons (Fsp3) is 0.353. The number of nitrogens with zero attached hydrogens (tertiary/aromatic N) is 1. The zero-order valence-corrected chi connectivity index (χ0v) is 14.6. The molecule has 2 aromatic rings. The Morgan fingerprint density at radius 1 is 1.11 bits per heavy atom. The van der Waals surface area contributed by atoms with E-state index in [0.29, 0.717) is 0 Å². The van der Waals surface area contributed by atoms with Gasteiger partial charge in [-0.05, 0) is 0 Å². The first-order valence-corrected chi connectivity index (χ1v) is 14.1. The first-order valence-electron chi connectivity index (χ1n) is 7.25. The number of hydrogen-bond donors (Lipinski definition) is 0. The third-order valence-corrected chi connectivity index (χ3v) is 7.62. The molecule has 0 amide bonds. The molecule has 1 nitrogen and oxygen atoms in total.